The molecule has 5 nitrogen and oxygen atoms in total. The number of aromatic nitrogens is 2. The standard InChI is InChI=1S/C17H21N3O2/c1-17(2,3)15-14(9-18-12-20-15)10-19-16(21)22-11-13-7-5-4-6-8-13/h4-9,12H,10-11H2,1-3H3,(H,19,21). The third kappa shape index (κ3) is 4.55. The third-order valence-electron chi connectivity index (χ3n) is 3.13. The first-order chi connectivity index (χ1) is 10.5. The molecule has 1 heterocycles. The molecular formula is C17H21N3O2. The molecule has 0 atom stereocenters. The van der Waals surface area contributed by atoms with Gasteiger partial charge in [-0.2, -0.15) is 0 Å². The van der Waals surface area contributed by atoms with Gasteiger partial charge in [0.05, 0.1) is 5.69 Å². The molecule has 2 aromatic rings. The van der Waals surface area contributed by atoms with Gasteiger partial charge < -0.3 is 10.1 Å². The lowest BCUT2D eigenvalue weighted by atomic mass is 9.89. The average molecular weight is 299 g/mol. The van der Waals surface area contributed by atoms with Crippen LogP contribution in [0.5, 0.6) is 0 Å². The van der Waals surface area contributed by atoms with Crippen molar-refractivity contribution >= 4 is 6.09 Å². The Labute approximate surface area is 130 Å². The molecule has 1 amide bonds. The maximum absolute atomic E-state index is 11.8. The molecule has 0 aliphatic heterocycles. The number of carbonyl (C=O) groups is 1. The zero-order valence-electron chi connectivity index (χ0n) is 13.2. The normalized spacial score (nSPS) is 11.0. The molecule has 1 aromatic heterocycles. The summed E-state index contributed by atoms with van der Waals surface area (Å²) < 4.78 is 5.18. The number of nitrogens with zero attached hydrogens (tertiary/aromatic N) is 2. The lowest BCUT2D eigenvalue weighted by Gasteiger charge is -2.20. The van der Waals surface area contributed by atoms with Gasteiger partial charge in [-0.05, 0) is 5.56 Å². The van der Waals surface area contributed by atoms with Crippen LogP contribution in [0.1, 0.15) is 37.6 Å². The van der Waals surface area contributed by atoms with Gasteiger partial charge >= 0.3 is 6.09 Å². The minimum Gasteiger partial charge on any atom is -0.445 e. The quantitative estimate of drug-likeness (QED) is 0.941. The fraction of sp³-hybridized carbons (Fsp3) is 0.353. The van der Waals surface area contributed by atoms with E-state index >= 15 is 0 Å². The third-order valence-corrected chi connectivity index (χ3v) is 3.13. The number of hydrogen-bond donors (Lipinski definition) is 1. The predicted molar refractivity (Wildman–Crippen MR) is 84.2 cm³/mol. The van der Waals surface area contributed by atoms with Gasteiger partial charge in [-0.25, -0.2) is 14.8 Å². The number of nitrogens with one attached hydrogen (secondary N) is 1. The first-order valence-corrected chi connectivity index (χ1v) is 7.21. The first kappa shape index (κ1) is 15.9. The summed E-state index contributed by atoms with van der Waals surface area (Å²) in [7, 11) is 0. The van der Waals surface area contributed by atoms with E-state index in [0.717, 1.165) is 16.8 Å². The first-order valence-electron chi connectivity index (χ1n) is 7.21. The van der Waals surface area contributed by atoms with Gasteiger partial charge in [0.1, 0.15) is 12.9 Å². The van der Waals surface area contributed by atoms with Crippen LogP contribution in [-0.4, -0.2) is 16.1 Å². The molecule has 0 radical (unpaired) electrons. The Hall–Kier alpha value is -2.43. The largest absolute Gasteiger partial charge is 0.445 e. The molecule has 0 aliphatic rings. The molecule has 1 aromatic carbocycles. The van der Waals surface area contributed by atoms with E-state index in [0.29, 0.717) is 6.54 Å². The molecule has 22 heavy (non-hydrogen) atoms. The van der Waals surface area contributed by atoms with Crippen molar-refractivity contribution in [2.75, 3.05) is 0 Å². The van der Waals surface area contributed by atoms with Crippen LogP contribution in [0, 0.1) is 0 Å². The minimum absolute atomic E-state index is 0.103. The van der Waals surface area contributed by atoms with Crippen LogP contribution in [0.25, 0.3) is 0 Å². The van der Waals surface area contributed by atoms with E-state index in [1.807, 2.05) is 30.3 Å². The molecule has 0 aliphatic carbocycles. The number of carbonyl (C=O) groups excluding carboxylic acids is 1. The number of ether oxygens (including phenoxy) is 1. The van der Waals surface area contributed by atoms with E-state index in [-0.39, 0.29) is 12.0 Å². The molecule has 2 rings (SSSR count). The molecule has 0 spiro atoms. The second-order valence-electron chi connectivity index (χ2n) is 6.06. The van der Waals surface area contributed by atoms with Gasteiger partial charge in [0.25, 0.3) is 0 Å². The highest BCUT2D eigenvalue weighted by atomic mass is 16.5. The van der Waals surface area contributed by atoms with Gasteiger partial charge in [-0.15, -0.1) is 0 Å². The van der Waals surface area contributed by atoms with Crippen molar-refractivity contribution < 1.29 is 9.53 Å². The van der Waals surface area contributed by atoms with Gasteiger partial charge in [-0.3, -0.25) is 0 Å². The summed E-state index contributed by atoms with van der Waals surface area (Å²) in [6, 6.07) is 9.57. The highest BCUT2D eigenvalue weighted by Gasteiger charge is 2.19. The van der Waals surface area contributed by atoms with Crippen LogP contribution in [0.3, 0.4) is 0 Å². The molecule has 5 heteroatoms. The Morgan fingerprint density at radius 3 is 2.64 bits per heavy atom. The second kappa shape index (κ2) is 7.02. The lowest BCUT2D eigenvalue weighted by Crippen LogP contribution is -2.26. The summed E-state index contributed by atoms with van der Waals surface area (Å²) in [5.74, 6) is 0. The van der Waals surface area contributed by atoms with Crippen molar-refractivity contribution in [2.45, 2.75) is 39.3 Å². The van der Waals surface area contributed by atoms with Crippen LogP contribution in [-0.2, 0) is 23.3 Å². The molecule has 0 bridgehead atoms. The minimum atomic E-state index is -0.451. The summed E-state index contributed by atoms with van der Waals surface area (Å²) in [5, 5.41) is 2.74. The van der Waals surface area contributed by atoms with E-state index in [9.17, 15) is 4.79 Å². The van der Waals surface area contributed by atoms with Crippen molar-refractivity contribution in [1.82, 2.24) is 15.3 Å². The van der Waals surface area contributed by atoms with E-state index in [2.05, 4.69) is 36.1 Å². The highest BCUT2D eigenvalue weighted by Crippen LogP contribution is 2.22. The van der Waals surface area contributed by atoms with E-state index in [4.69, 9.17) is 4.74 Å². The zero-order chi connectivity index (χ0) is 16.0. The molecule has 0 fully saturated rings. The summed E-state index contributed by atoms with van der Waals surface area (Å²) in [6.07, 6.45) is 2.80. The smallest absolute Gasteiger partial charge is 0.407 e. The Morgan fingerprint density at radius 1 is 1.23 bits per heavy atom. The molecule has 1 N–H and O–H groups in total. The fourth-order valence-electron chi connectivity index (χ4n) is 2.10. The van der Waals surface area contributed by atoms with E-state index in [1.54, 1.807) is 6.20 Å². The number of rotatable bonds is 4. The molecular weight excluding hydrogens is 278 g/mol. The van der Waals surface area contributed by atoms with Crippen molar-refractivity contribution in [3.63, 3.8) is 0 Å². The number of hydrogen-bond acceptors (Lipinski definition) is 4. The van der Waals surface area contributed by atoms with E-state index in [1.165, 1.54) is 6.33 Å². The van der Waals surface area contributed by atoms with Crippen LogP contribution >= 0.6 is 0 Å². The topological polar surface area (TPSA) is 64.1 Å². The van der Waals surface area contributed by atoms with Gasteiger partial charge in [0.15, 0.2) is 0 Å². The van der Waals surface area contributed by atoms with Crippen LogP contribution in [0.15, 0.2) is 42.9 Å². The van der Waals surface area contributed by atoms with Crippen molar-refractivity contribution in [3.8, 4) is 0 Å². The number of benzene rings is 1. The molecule has 0 unspecified atom stereocenters. The fourth-order valence-corrected chi connectivity index (χ4v) is 2.10. The van der Waals surface area contributed by atoms with Crippen LogP contribution in [0.4, 0.5) is 4.79 Å². The maximum atomic E-state index is 11.8. The Balaban J connectivity index is 1.89. The summed E-state index contributed by atoms with van der Waals surface area (Å²) >= 11 is 0. The maximum Gasteiger partial charge on any atom is 0.407 e. The Kier molecular flexibility index (Phi) is 5.09. The van der Waals surface area contributed by atoms with Crippen molar-refractivity contribution in [3.05, 3.63) is 59.7 Å². The monoisotopic (exact) mass is 299 g/mol. The van der Waals surface area contributed by atoms with Gasteiger partial charge in [-0.1, -0.05) is 51.1 Å². The molecule has 0 saturated carbocycles. The second-order valence-corrected chi connectivity index (χ2v) is 6.06. The SMILES string of the molecule is CC(C)(C)c1ncncc1CNC(=O)OCc1ccccc1. The van der Waals surface area contributed by atoms with E-state index < -0.39 is 6.09 Å². The Morgan fingerprint density at radius 2 is 1.95 bits per heavy atom. The van der Waals surface area contributed by atoms with Crippen LogP contribution < -0.4 is 5.32 Å². The molecule has 116 valence electrons. The van der Waals surface area contributed by atoms with Crippen molar-refractivity contribution in [1.29, 1.82) is 0 Å². The average Bonchev–Trinajstić information content (AvgIpc) is 2.51. The van der Waals surface area contributed by atoms with Gasteiger partial charge in [0, 0.05) is 23.7 Å². The number of alkyl carbamates (subject to hydrolysis) is 1. The summed E-state index contributed by atoms with van der Waals surface area (Å²) in [6.45, 7) is 6.83. The van der Waals surface area contributed by atoms with Gasteiger partial charge in [0.2, 0.25) is 0 Å². The summed E-state index contributed by atoms with van der Waals surface area (Å²) in [4.78, 5) is 20.1. The van der Waals surface area contributed by atoms with Crippen molar-refractivity contribution in [2.24, 2.45) is 0 Å². The number of amides is 1. The molecule has 0 saturated heterocycles. The Bertz CT molecular complexity index is 621. The summed E-state index contributed by atoms with van der Waals surface area (Å²) in [5.41, 5.74) is 2.67. The van der Waals surface area contributed by atoms with Crippen LogP contribution in [0.2, 0.25) is 0 Å². The predicted octanol–water partition coefficient (Wildman–Crippen LogP) is 3.20. The zero-order valence-corrected chi connectivity index (χ0v) is 13.2. The highest BCUT2D eigenvalue weighted by molar-refractivity contribution is 5.67. The lowest BCUT2D eigenvalue weighted by molar-refractivity contribution is 0.139.